The van der Waals surface area contributed by atoms with Crippen LogP contribution in [0, 0.1) is 0 Å². The average molecular weight is 435 g/mol. The van der Waals surface area contributed by atoms with Crippen molar-refractivity contribution in [3.05, 3.63) is 91.0 Å². The van der Waals surface area contributed by atoms with Gasteiger partial charge in [0.1, 0.15) is 11.4 Å². The van der Waals surface area contributed by atoms with E-state index < -0.39 is 7.82 Å². The second kappa shape index (κ2) is 10.1. The van der Waals surface area contributed by atoms with Crippen LogP contribution in [0.4, 0.5) is 17.1 Å². The maximum absolute atomic E-state index is 8.88. The predicted octanol–water partition coefficient (Wildman–Crippen LogP) is -0.204. The summed E-state index contributed by atoms with van der Waals surface area (Å²) in [4.78, 5) is 21.6. The normalized spacial score (nSPS) is 12.9. The second-order valence-electron chi connectivity index (χ2n) is 5.72. The number of phosphoric acid groups is 1. The van der Waals surface area contributed by atoms with E-state index in [1.54, 1.807) is 0 Å². The van der Waals surface area contributed by atoms with E-state index in [2.05, 4.69) is 51.6 Å². The number of nitrogens with zero attached hydrogens (tertiary/aromatic N) is 3. The van der Waals surface area contributed by atoms with Gasteiger partial charge >= 0.3 is 7.82 Å². The van der Waals surface area contributed by atoms with E-state index in [0.717, 1.165) is 17.1 Å². The lowest BCUT2D eigenvalue weighted by molar-refractivity contribution is -0.444. The largest absolute Gasteiger partial charge is 1.00 e. The van der Waals surface area contributed by atoms with Gasteiger partial charge in [-0.2, -0.15) is 5.43 Å². The molecule has 3 aromatic carbocycles. The number of hydrogen-bond donors (Lipinski definition) is 4. The lowest BCUT2D eigenvalue weighted by Gasteiger charge is -2.26. The molecular weight excluding hydrogens is 415 g/mol. The van der Waals surface area contributed by atoms with Crippen molar-refractivity contribution in [3.8, 4) is 0 Å². The second-order valence-corrected chi connectivity index (χ2v) is 6.75. The molecule has 0 bridgehead atoms. The van der Waals surface area contributed by atoms with Gasteiger partial charge in [0.05, 0.1) is 0 Å². The van der Waals surface area contributed by atoms with E-state index in [4.69, 9.17) is 19.2 Å². The van der Waals surface area contributed by atoms with Crippen LogP contribution in [0.1, 0.15) is 0 Å². The molecule has 0 spiro atoms. The molecule has 4 N–H and O–H groups in total. The van der Waals surface area contributed by atoms with E-state index in [9.17, 15) is 0 Å². The van der Waals surface area contributed by atoms with E-state index in [0.29, 0.717) is 0 Å². The molecule has 0 aliphatic carbocycles. The molecule has 0 atom stereocenters. The summed E-state index contributed by atoms with van der Waals surface area (Å²) < 4.78 is 11.0. The first-order chi connectivity index (χ1) is 13.4. The third-order valence-electron chi connectivity index (χ3n) is 3.70. The van der Waals surface area contributed by atoms with Gasteiger partial charge in [-0.25, -0.2) is 4.57 Å². The Bertz CT molecular complexity index is 963. The van der Waals surface area contributed by atoms with Gasteiger partial charge in [0, 0.05) is 0 Å². The Labute approximate surface area is 174 Å². The Morgan fingerprint density at radius 2 is 1.14 bits per heavy atom. The minimum atomic E-state index is -4.64. The fourth-order valence-corrected chi connectivity index (χ4v) is 2.63. The number of hydrazone groups is 1. The van der Waals surface area contributed by atoms with Crippen LogP contribution in [0.3, 0.4) is 0 Å². The molecule has 10 heteroatoms. The number of hydrogen-bond acceptors (Lipinski definition) is 4. The van der Waals surface area contributed by atoms with Gasteiger partial charge in [0.2, 0.25) is 0 Å². The zero-order valence-electron chi connectivity index (χ0n) is 15.2. The molecule has 1 aliphatic rings. The number of para-hydroxylation sites is 3. The molecule has 3 aromatic rings. The molecule has 0 saturated carbocycles. The van der Waals surface area contributed by atoms with E-state index >= 15 is 0 Å². The third kappa shape index (κ3) is 6.32. The molecule has 0 unspecified atom stereocenters. The highest BCUT2D eigenvalue weighted by Gasteiger charge is 2.32. The van der Waals surface area contributed by atoms with Crippen molar-refractivity contribution in [2.75, 3.05) is 10.2 Å². The van der Waals surface area contributed by atoms with Crippen molar-refractivity contribution < 1.29 is 36.3 Å². The van der Waals surface area contributed by atoms with Crippen molar-refractivity contribution in [2.24, 2.45) is 0 Å². The maximum atomic E-state index is 8.88. The number of hydrazine groups is 3. The fourth-order valence-electron chi connectivity index (χ4n) is 2.63. The number of benzene rings is 3. The summed E-state index contributed by atoms with van der Waals surface area (Å²) in [6.07, 6.45) is 1.95. The van der Waals surface area contributed by atoms with E-state index in [1.165, 1.54) is 0 Å². The average Bonchev–Trinajstić information content (AvgIpc) is 3.14. The van der Waals surface area contributed by atoms with E-state index in [1.807, 2.05) is 66.1 Å². The predicted molar refractivity (Wildman–Crippen MR) is 108 cm³/mol. The fraction of sp³-hybridized carbons (Fsp3) is 0. The molecule has 0 radical (unpaired) electrons. The van der Waals surface area contributed by atoms with E-state index in [-0.39, 0.29) is 12.4 Å². The summed E-state index contributed by atoms with van der Waals surface area (Å²) in [5, 5.41) is 4.12. The lowest BCUT2D eigenvalue weighted by Crippen LogP contribution is -3.00. The maximum Gasteiger partial charge on any atom is 0.466 e. The molecule has 0 aromatic heterocycles. The quantitative estimate of drug-likeness (QED) is 0.334. The molecule has 0 amide bonds. The first kappa shape index (κ1) is 22.4. The van der Waals surface area contributed by atoms with Gasteiger partial charge in [-0.3, -0.25) is 0 Å². The zero-order chi connectivity index (χ0) is 20.0. The minimum absolute atomic E-state index is 0. The van der Waals surface area contributed by atoms with Crippen molar-refractivity contribution in [1.29, 1.82) is 0 Å². The summed E-state index contributed by atoms with van der Waals surface area (Å²) in [7, 11) is -4.64. The number of anilines is 2. The molecular formula is C19H20ClN4O4P. The van der Waals surface area contributed by atoms with Gasteiger partial charge in [-0.1, -0.05) is 64.8 Å². The summed E-state index contributed by atoms with van der Waals surface area (Å²) in [6, 6.07) is 30.8. The highest BCUT2D eigenvalue weighted by atomic mass is 35.5. The smallest absolute Gasteiger partial charge is 0.466 e. The van der Waals surface area contributed by atoms with Crippen molar-refractivity contribution in [1.82, 2.24) is 5.43 Å². The Morgan fingerprint density at radius 3 is 1.62 bits per heavy atom. The highest BCUT2D eigenvalue weighted by molar-refractivity contribution is 7.45. The van der Waals surface area contributed by atoms with Gasteiger partial charge in [0.15, 0.2) is 5.69 Å². The number of rotatable bonds is 3. The van der Waals surface area contributed by atoms with Crippen LogP contribution in [0.25, 0.3) is 0 Å². The van der Waals surface area contributed by atoms with Crippen LogP contribution in [-0.4, -0.2) is 25.7 Å². The van der Waals surface area contributed by atoms with Gasteiger partial charge in [-0.05, 0) is 36.4 Å². The number of halogens is 1. The summed E-state index contributed by atoms with van der Waals surface area (Å²) in [5.41, 5.74) is 6.55. The van der Waals surface area contributed by atoms with Crippen LogP contribution in [0.5, 0.6) is 0 Å². The van der Waals surface area contributed by atoms with Gasteiger partial charge in [-0.15, -0.1) is 4.68 Å². The van der Waals surface area contributed by atoms with Crippen LogP contribution in [-0.2, 0) is 4.57 Å². The summed E-state index contributed by atoms with van der Waals surface area (Å²) in [5.74, 6) is 0. The topological polar surface area (TPSA) is 99.3 Å². The molecule has 8 nitrogen and oxygen atoms in total. The van der Waals surface area contributed by atoms with Crippen LogP contribution in [0.15, 0.2) is 91.0 Å². The Balaban J connectivity index is 0.000000450. The van der Waals surface area contributed by atoms with Crippen LogP contribution >= 0.6 is 7.82 Å². The minimum Gasteiger partial charge on any atom is -1.00 e. The first-order valence-corrected chi connectivity index (χ1v) is 9.92. The van der Waals surface area contributed by atoms with Crippen molar-refractivity contribution >= 4 is 31.2 Å². The molecule has 152 valence electrons. The lowest BCUT2D eigenvalue weighted by atomic mass is 10.3. The number of nitrogens with one attached hydrogen (secondary N) is 1. The third-order valence-corrected chi connectivity index (χ3v) is 3.70. The monoisotopic (exact) mass is 434 g/mol. The Hall–Kier alpha value is -2.87. The Kier molecular flexibility index (Phi) is 7.78. The molecule has 0 saturated heterocycles. The molecule has 4 rings (SSSR count). The SMILES string of the molecule is C1=[N+](c2ccccc2)N(c2ccccc2)N(c2ccccc2)N1.O=P(O)(O)O.[Cl-]. The van der Waals surface area contributed by atoms with Crippen LogP contribution in [0.2, 0.25) is 0 Å². The molecule has 29 heavy (non-hydrogen) atoms. The van der Waals surface area contributed by atoms with Crippen molar-refractivity contribution in [2.45, 2.75) is 0 Å². The van der Waals surface area contributed by atoms with Crippen LogP contribution < -0.4 is 28.1 Å². The molecule has 1 aliphatic heterocycles. The molecule has 1 heterocycles. The van der Waals surface area contributed by atoms with Gasteiger partial charge < -0.3 is 27.1 Å². The van der Waals surface area contributed by atoms with Crippen molar-refractivity contribution in [3.63, 3.8) is 0 Å². The Morgan fingerprint density at radius 1 is 0.724 bits per heavy atom. The first-order valence-electron chi connectivity index (χ1n) is 8.36. The zero-order valence-corrected chi connectivity index (χ0v) is 16.8. The molecule has 0 fully saturated rings. The van der Waals surface area contributed by atoms with Gasteiger partial charge in [0.25, 0.3) is 6.34 Å². The summed E-state index contributed by atoms with van der Waals surface area (Å²) in [6.45, 7) is 0. The highest BCUT2D eigenvalue weighted by Crippen LogP contribution is 2.27. The summed E-state index contributed by atoms with van der Waals surface area (Å²) >= 11 is 0. The standard InChI is InChI=1S/C19H16N4.ClH.H3O4P/c1-4-10-17(11-5-1)21-16-20-22(18-12-6-2-7-13-18)23(21)19-14-8-3-9-15-19;;1-5(2,3)4/h1-16H;1H;(H3,1,2,3,4).